The van der Waals surface area contributed by atoms with Crippen LogP contribution < -0.4 is 5.56 Å². The molecule has 0 aliphatic carbocycles. The zero-order chi connectivity index (χ0) is 16.3. The van der Waals surface area contributed by atoms with E-state index < -0.39 is 40.2 Å². The molecule has 0 saturated carbocycles. The highest BCUT2D eigenvalue weighted by Gasteiger charge is 2.18. The Balaban J connectivity index is 2.43. The Labute approximate surface area is 123 Å². The van der Waals surface area contributed by atoms with Gasteiger partial charge in [0.25, 0.3) is 11.2 Å². The molecule has 1 unspecified atom stereocenters. The van der Waals surface area contributed by atoms with Crippen molar-refractivity contribution in [2.45, 2.75) is 12.6 Å². The fourth-order valence-electron chi connectivity index (χ4n) is 1.97. The lowest BCUT2D eigenvalue weighted by atomic mass is 10.1. The van der Waals surface area contributed by atoms with Gasteiger partial charge in [0.1, 0.15) is 17.4 Å². The summed E-state index contributed by atoms with van der Waals surface area (Å²) >= 11 is 0. The molecular weight excluding hydrogens is 293 g/mol. The lowest BCUT2D eigenvalue weighted by Gasteiger charge is -2.13. The number of hydrogen-bond donors (Lipinski definition) is 1. The van der Waals surface area contributed by atoms with Crippen molar-refractivity contribution in [2.75, 3.05) is 0 Å². The van der Waals surface area contributed by atoms with Gasteiger partial charge < -0.3 is 9.67 Å². The fourth-order valence-corrected chi connectivity index (χ4v) is 1.97. The summed E-state index contributed by atoms with van der Waals surface area (Å²) in [6.07, 6.45) is -0.472. The minimum absolute atomic E-state index is 0.0422. The van der Waals surface area contributed by atoms with Crippen LogP contribution in [0, 0.1) is 27.3 Å². The van der Waals surface area contributed by atoms with Crippen LogP contribution in [-0.4, -0.2) is 14.6 Å². The zero-order valence-corrected chi connectivity index (χ0v) is 11.1. The Morgan fingerprint density at radius 3 is 2.73 bits per heavy atom. The van der Waals surface area contributed by atoms with E-state index in [1.54, 1.807) is 6.07 Å². The number of rotatable bonds is 4. The predicted octanol–water partition coefficient (Wildman–Crippen LogP) is 1.50. The van der Waals surface area contributed by atoms with Gasteiger partial charge in [0.05, 0.1) is 23.8 Å². The van der Waals surface area contributed by atoms with Crippen molar-refractivity contribution in [3.05, 3.63) is 73.9 Å². The summed E-state index contributed by atoms with van der Waals surface area (Å²) < 4.78 is 14.4. The topological polar surface area (TPSA) is 109 Å². The van der Waals surface area contributed by atoms with E-state index in [1.807, 2.05) is 0 Å². The number of nitrogens with zero attached hydrogens (tertiary/aromatic N) is 3. The number of halogens is 1. The van der Waals surface area contributed by atoms with Gasteiger partial charge in [-0.2, -0.15) is 5.26 Å². The first-order chi connectivity index (χ1) is 10.4. The van der Waals surface area contributed by atoms with Crippen LogP contribution in [0.1, 0.15) is 17.2 Å². The van der Waals surface area contributed by atoms with E-state index in [0.29, 0.717) is 0 Å². The summed E-state index contributed by atoms with van der Waals surface area (Å²) in [4.78, 5) is 22.0. The van der Waals surface area contributed by atoms with Crippen LogP contribution in [-0.2, 0) is 6.54 Å². The molecule has 0 amide bonds. The van der Waals surface area contributed by atoms with Crippen LogP contribution in [0.15, 0.2) is 41.3 Å². The van der Waals surface area contributed by atoms with Gasteiger partial charge in [-0.05, 0) is 6.07 Å². The maximum absolute atomic E-state index is 13.6. The van der Waals surface area contributed by atoms with Crippen molar-refractivity contribution in [1.82, 2.24) is 4.57 Å². The van der Waals surface area contributed by atoms with Crippen molar-refractivity contribution in [1.29, 1.82) is 5.26 Å². The highest BCUT2D eigenvalue weighted by Crippen LogP contribution is 2.19. The molecule has 1 aromatic heterocycles. The number of aliphatic hydroxyl groups excluding tert-OH is 1. The van der Waals surface area contributed by atoms with E-state index in [2.05, 4.69) is 0 Å². The second-order valence-corrected chi connectivity index (χ2v) is 4.48. The van der Waals surface area contributed by atoms with Gasteiger partial charge in [0.15, 0.2) is 0 Å². The van der Waals surface area contributed by atoms with Crippen molar-refractivity contribution in [2.24, 2.45) is 0 Å². The van der Waals surface area contributed by atoms with Gasteiger partial charge in [-0.3, -0.25) is 14.9 Å². The van der Waals surface area contributed by atoms with Crippen molar-refractivity contribution >= 4 is 5.69 Å². The second kappa shape index (κ2) is 6.15. The average molecular weight is 303 g/mol. The highest BCUT2D eigenvalue weighted by atomic mass is 19.1. The van der Waals surface area contributed by atoms with Gasteiger partial charge in [-0.15, -0.1) is 0 Å². The molecule has 22 heavy (non-hydrogen) atoms. The molecule has 2 aromatic rings. The third-order valence-corrected chi connectivity index (χ3v) is 3.04. The lowest BCUT2D eigenvalue weighted by Crippen LogP contribution is -2.25. The van der Waals surface area contributed by atoms with E-state index in [0.717, 1.165) is 22.9 Å². The van der Waals surface area contributed by atoms with Crippen LogP contribution in [0.5, 0.6) is 0 Å². The summed E-state index contributed by atoms with van der Waals surface area (Å²) in [7, 11) is 0. The number of nitro groups is 1. The Bertz CT molecular complexity index is 826. The maximum Gasteiger partial charge on any atom is 0.287 e. The number of aliphatic hydroxyl groups is 1. The lowest BCUT2D eigenvalue weighted by molar-refractivity contribution is -0.385. The fraction of sp³-hybridized carbons (Fsp3) is 0.143. The molecule has 0 aliphatic rings. The molecule has 7 nitrogen and oxygen atoms in total. The zero-order valence-electron chi connectivity index (χ0n) is 11.1. The number of hydrogen-bond acceptors (Lipinski definition) is 5. The normalized spacial score (nSPS) is 11.7. The summed E-state index contributed by atoms with van der Waals surface area (Å²) in [5, 5.41) is 29.7. The van der Waals surface area contributed by atoms with Crippen LogP contribution >= 0.6 is 0 Å². The largest absolute Gasteiger partial charge is 0.386 e. The molecule has 1 heterocycles. The van der Waals surface area contributed by atoms with Gasteiger partial charge in [-0.1, -0.05) is 18.2 Å². The van der Waals surface area contributed by atoms with Crippen LogP contribution in [0.2, 0.25) is 0 Å². The van der Waals surface area contributed by atoms with Crippen molar-refractivity contribution < 1.29 is 14.4 Å². The van der Waals surface area contributed by atoms with Crippen LogP contribution in [0.4, 0.5) is 10.1 Å². The standard InChI is InChI=1S/C14H10FN3O4/c15-12-4-2-1-3-11(12)13(19)8-17-7-10(18(21)22)5-9(6-16)14(17)20/h1-5,7,13,19H,8H2. The van der Waals surface area contributed by atoms with Crippen molar-refractivity contribution in [3.63, 3.8) is 0 Å². The number of pyridine rings is 1. The molecule has 2 rings (SSSR count). The third-order valence-electron chi connectivity index (χ3n) is 3.04. The number of benzene rings is 1. The third kappa shape index (κ3) is 2.99. The Morgan fingerprint density at radius 2 is 2.14 bits per heavy atom. The number of nitriles is 1. The van der Waals surface area contributed by atoms with Gasteiger partial charge >= 0.3 is 0 Å². The molecule has 1 aromatic carbocycles. The van der Waals surface area contributed by atoms with E-state index >= 15 is 0 Å². The molecule has 0 spiro atoms. The summed E-state index contributed by atoms with van der Waals surface area (Å²) in [6, 6.07) is 7.86. The molecule has 0 bridgehead atoms. The van der Waals surface area contributed by atoms with Gasteiger partial charge in [-0.25, -0.2) is 4.39 Å². The highest BCUT2D eigenvalue weighted by molar-refractivity contribution is 5.37. The molecule has 1 N–H and O–H groups in total. The molecule has 8 heteroatoms. The first kappa shape index (κ1) is 15.3. The first-order valence-electron chi connectivity index (χ1n) is 6.15. The minimum Gasteiger partial charge on any atom is -0.386 e. The molecular formula is C14H10FN3O4. The average Bonchev–Trinajstić information content (AvgIpc) is 2.49. The van der Waals surface area contributed by atoms with E-state index in [4.69, 9.17) is 5.26 Å². The monoisotopic (exact) mass is 303 g/mol. The van der Waals surface area contributed by atoms with Gasteiger partial charge in [0.2, 0.25) is 0 Å². The SMILES string of the molecule is N#Cc1cc([N+](=O)[O-])cn(CC(O)c2ccccc2F)c1=O. The van der Waals surface area contributed by atoms with Crippen molar-refractivity contribution in [3.8, 4) is 6.07 Å². The van der Waals surface area contributed by atoms with Crippen LogP contribution in [0.25, 0.3) is 0 Å². The van der Waals surface area contributed by atoms with E-state index in [-0.39, 0.29) is 5.56 Å². The smallest absolute Gasteiger partial charge is 0.287 e. The Kier molecular flexibility index (Phi) is 4.29. The van der Waals surface area contributed by atoms with E-state index in [1.165, 1.54) is 18.2 Å². The minimum atomic E-state index is -1.38. The summed E-state index contributed by atoms with van der Waals surface area (Å²) in [5.74, 6) is -0.658. The molecule has 0 fully saturated rings. The summed E-state index contributed by atoms with van der Waals surface area (Å²) in [6.45, 7) is -0.407. The van der Waals surface area contributed by atoms with Gasteiger partial charge in [0, 0.05) is 11.6 Å². The molecule has 0 saturated heterocycles. The number of aromatic nitrogens is 1. The molecule has 1 atom stereocenters. The van der Waals surface area contributed by atoms with E-state index in [9.17, 15) is 24.4 Å². The van der Waals surface area contributed by atoms with Crippen LogP contribution in [0.3, 0.4) is 0 Å². The molecule has 112 valence electrons. The summed E-state index contributed by atoms with van der Waals surface area (Å²) in [5.41, 5.74) is -1.71. The maximum atomic E-state index is 13.6. The first-order valence-corrected chi connectivity index (χ1v) is 6.15. The Morgan fingerprint density at radius 1 is 1.45 bits per heavy atom. The quantitative estimate of drug-likeness (QED) is 0.680. The Hall–Kier alpha value is -3.05. The molecule has 0 radical (unpaired) electrons. The molecule has 0 aliphatic heterocycles. The predicted molar refractivity (Wildman–Crippen MR) is 73.4 cm³/mol. The second-order valence-electron chi connectivity index (χ2n) is 4.48.